The van der Waals surface area contributed by atoms with Crippen LogP contribution in [-0.4, -0.2) is 18.6 Å². The second kappa shape index (κ2) is 6.29. The van der Waals surface area contributed by atoms with Gasteiger partial charge in [0.1, 0.15) is 17.6 Å². The molecule has 2 aliphatic carbocycles. The van der Waals surface area contributed by atoms with Crippen LogP contribution in [0.3, 0.4) is 0 Å². The third-order valence-electron chi connectivity index (χ3n) is 4.95. The normalized spacial score (nSPS) is 27.2. The lowest BCUT2D eigenvalue weighted by molar-refractivity contribution is -0.0654. The summed E-state index contributed by atoms with van der Waals surface area (Å²) in [6.45, 7) is 0. The number of hydrogen-bond acceptors (Lipinski definition) is 2. The topological polar surface area (TPSA) is 18.5 Å². The highest BCUT2D eigenvalue weighted by Gasteiger charge is 2.56. The summed E-state index contributed by atoms with van der Waals surface area (Å²) in [5, 5.41) is 0.267. The van der Waals surface area contributed by atoms with Gasteiger partial charge < -0.3 is 9.47 Å². The highest BCUT2D eigenvalue weighted by Crippen LogP contribution is 2.56. The molecule has 0 radical (unpaired) electrons. The molecule has 0 heterocycles. The first-order chi connectivity index (χ1) is 10.1. The van der Waals surface area contributed by atoms with Crippen molar-refractivity contribution in [1.82, 2.24) is 0 Å². The Bertz CT molecular complexity index is 529. The monoisotopic (exact) mass is 436 g/mol. The first-order valence-corrected chi connectivity index (χ1v) is 9.43. The lowest BCUT2D eigenvalue weighted by atomic mass is 9.58. The van der Waals surface area contributed by atoms with Crippen molar-refractivity contribution in [3.8, 4) is 11.5 Å². The van der Waals surface area contributed by atoms with Crippen LogP contribution in [0.1, 0.15) is 38.5 Å². The summed E-state index contributed by atoms with van der Waals surface area (Å²) in [4.78, 5) is 0. The molecule has 5 heteroatoms. The van der Waals surface area contributed by atoms with E-state index < -0.39 is 0 Å². The summed E-state index contributed by atoms with van der Waals surface area (Å²) < 4.78 is 13.4. The molecule has 0 aliphatic heterocycles. The van der Waals surface area contributed by atoms with Crippen LogP contribution >= 0.6 is 43.5 Å². The molecule has 2 aliphatic rings. The zero-order chi connectivity index (χ0) is 15.0. The number of ether oxygens (including phenoxy) is 2. The van der Waals surface area contributed by atoms with E-state index in [1.54, 1.807) is 7.11 Å². The van der Waals surface area contributed by atoms with Gasteiger partial charge in [-0.3, -0.25) is 0 Å². The van der Waals surface area contributed by atoms with Gasteiger partial charge in [-0.15, -0.1) is 11.6 Å². The first kappa shape index (κ1) is 15.9. The van der Waals surface area contributed by atoms with Gasteiger partial charge in [-0.1, -0.05) is 19.3 Å². The van der Waals surface area contributed by atoms with Gasteiger partial charge in [-0.25, -0.2) is 0 Å². The largest absolute Gasteiger partial charge is 0.496 e. The van der Waals surface area contributed by atoms with E-state index in [1.165, 1.54) is 32.1 Å². The molecule has 21 heavy (non-hydrogen) atoms. The van der Waals surface area contributed by atoms with Crippen molar-refractivity contribution in [2.75, 3.05) is 7.11 Å². The summed E-state index contributed by atoms with van der Waals surface area (Å²) in [5.41, 5.74) is 0.186. The van der Waals surface area contributed by atoms with Gasteiger partial charge in [-0.05, 0) is 56.8 Å². The molecule has 116 valence electrons. The fourth-order valence-corrected chi connectivity index (χ4v) is 5.04. The Balaban J connectivity index is 1.79. The molecule has 2 nitrogen and oxygen atoms in total. The molecule has 3 rings (SSSR count). The molecule has 1 aromatic rings. The molecule has 0 amide bonds. The van der Waals surface area contributed by atoms with Gasteiger partial charge in [0.2, 0.25) is 0 Å². The minimum atomic E-state index is 0.186. The van der Waals surface area contributed by atoms with Crippen LogP contribution in [0.5, 0.6) is 11.5 Å². The minimum absolute atomic E-state index is 0.186. The van der Waals surface area contributed by atoms with E-state index in [9.17, 15) is 0 Å². The second-order valence-corrected chi connectivity index (χ2v) is 8.26. The average molecular weight is 439 g/mol. The highest BCUT2D eigenvalue weighted by atomic mass is 79.9. The molecule has 0 N–H and O–H groups in total. The maximum absolute atomic E-state index is 6.54. The highest BCUT2D eigenvalue weighted by molar-refractivity contribution is 9.11. The Morgan fingerprint density at radius 2 is 1.71 bits per heavy atom. The van der Waals surface area contributed by atoms with E-state index in [4.69, 9.17) is 21.1 Å². The SMILES string of the molecule is COc1cc(Br)c(OC2CC(Cl)C23CCCCC3)cc1Br. The molecular formula is C16H19Br2ClO2. The van der Waals surface area contributed by atoms with Crippen LogP contribution in [0, 0.1) is 5.41 Å². The predicted octanol–water partition coefficient (Wildman–Crippen LogP) is 5.93. The van der Waals surface area contributed by atoms with Crippen LogP contribution < -0.4 is 9.47 Å². The van der Waals surface area contributed by atoms with Crippen LogP contribution in [0.25, 0.3) is 0 Å². The molecule has 0 bridgehead atoms. The van der Waals surface area contributed by atoms with Crippen LogP contribution in [0.15, 0.2) is 21.1 Å². The quantitative estimate of drug-likeness (QED) is 0.545. The van der Waals surface area contributed by atoms with E-state index in [1.807, 2.05) is 12.1 Å². The predicted molar refractivity (Wildman–Crippen MR) is 92.6 cm³/mol. The maximum Gasteiger partial charge on any atom is 0.135 e. The van der Waals surface area contributed by atoms with Gasteiger partial charge in [0.25, 0.3) is 0 Å². The zero-order valence-electron chi connectivity index (χ0n) is 12.0. The van der Waals surface area contributed by atoms with Crippen LogP contribution in [0.2, 0.25) is 0 Å². The number of methoxy groups -OCH3 is 1. The van der Waals surface area contributed by atoms with E-state index in [0.717, 1.165) is 26.9 Å². The Morgan fingerprint density at radius 1 is 1.10 bits per heavy atom. The van der Waals surface area contributed by atoms with E-state index >= 15 is 0 Å². The molecule has 2 unspecified atom stereocenters. The Kier molecular flexibility index (Phi) is 4.77. The molecule has 2 fully saturated rings. The number of benzene rings is 1. The van der Waals surface area contributed by atoms with E-state index in [0.29, 0.717) is 0 Å². The Labute approximate surface area is 147 Å². The lowest BCUT2D eigenvalue weighted by Gasteiger charge is -2.55. The van der Waals surface area contributed by atoms with Gasteiger partial charge >= 0.3 is 0 Å². The Morgan fingerprint density at radius 3 is 2.33 bits per heavy atom. The maximum atomic E-state index is 6.54. The Hall–Kier alpha value is 0.0700. The molecule has 0 aromatic heterocycles. The van der Waals surface area contributed by atoms with E-state index in [2.05, 4.69) is 31.9 Å². The first-order valence-electron chi connectivity index (χ1n) is 7.40. The molecular weight excluding hydrogens is 419 g/mol. The van der Waals surface area contributed by atoms with Gasteiger partial charge in [0.05, 0.1) is 16.1 Å². The number of alkyl halides is 1. The van der Waals surface area contributed by atoms with Crippen molar-refractivity contribution in [3.05, 3.63) is 21.1 Å². The molecule has 1 spiro atoms. The van der Waals surface area contributed by atoms with Crippen LogP contribution in [0.4, 0.5) is 0 Å². The molecule has 2 saturated carbocycles. The fourth-order valence-electron chi connectivity index (χ4n) is 3.62. The number of hydrogen-bond donors (Lipinski definition) is 0. The third-order valence-corrected chi connectivity index (χ3v) is 6.80. The van der Waals surface area contributed by atoms with Gasteiger partial charge in [-0.2, -0.15) is 0 Å². The summed E-state index contributed by atoms with van der Waals surface area (Å²) >= 11 is 13.6. The summed E-state index contributed by atoms with van der Waals surface area (Å²) in [6, 6.07) is 3.91. The molecule has 2 atom stereocenters. The van der Waals surface area contributed by atoms with Crippen molar-refractivity contribution in [2.45, 2.75) is 50.0 Å². The number of halogens is 3. The van der Waals surface area contributed by atoms with E-state index in [-0.39, 0.29) is 16.9 Å². The summed E-state index contributed by atoms with van der Waals surface area (Å²) in [7, 11) is 1.66. The van der Waals surface area contributed by atoms with Crippen molar-refractivity contribution in [1.29, 1.82) is 0 Å². The van der Waals surface area contributed by atoms with Crippen molar-refractivity contribution < 1.29 is 9.47 Å². The second-order valence-electron chi connectivity index (χ2n) is 6.02. The van der Waals surface area contributed by atoms with Crippen LogP contribution in [-0.2, 0) is 0 Å². The van der Waals surface area contributed by atoms with Gasteiger partial charge in [0, 0.05) is 17.2 Å². The average Bonchev–Trinajstić information content (AvgIpc) is 2.50. The van der Waals surface area contributed by atoms with Crippen molar-refractivity contribution in [2.24, 2.45) is 5.41 Å². The summed E-state index contributed by atoms with van der Waals surface area (Å²) in [6.07, 6.45) is 7.44. The summed E-state index contributed by atoms with van der Waals surface area (Å²) in [5.74, 6) is 1.66. The third kappa shape index (κ3) is 2.84. The standard InChI is InChI=1S/C16H19Br2ClO2/c1-20-12-7-11(18)13(8-10(12)17)21-15-9-14(19)16(15)5-3-2-4-6-16/h7-8,14-15H,2-6,9H2,1H3. The molecule has 1 aromatic carbocycles. The fraction of sp³-hybridized carbons (Fsp3) is 0.625. The zero-order valence-corrected chi connectivity index (χ0v) is 15.9. The van der Waals surface area contributed by atoms with Gasteiger partial charge in [0.15, 0.2) is 0 Å². The number of rotatable bonds is 3. The minimum Gasteiger partial charge on any atom is -0.496 e. The van der Waals surface area contributed by atoms with Crippen molar-refractivity contribution >= 4 is 43.5 Å². The lowest BCUT2D eigenvalue weighted by Crippen LogP contribution is -2.58. The smallest absolute Gasteiger partial charge is 0.135 e. The van der Waals surface area contributed by atoms with Crippen molar-refractivity contribution in [3.63, 3.8) is 0 Å². The molecule has 0 saturated heterocycles.